The van der Waals surface area contributed by atoms with Gasteiger partial charge >= 0.3 is 35.8 Å². The molecule has 0 aliphatic heterocycles. The highest BCUT2D eigenvalue weighted by Crippen LogP contribution is 2.34. The molecule has 1 rings (SSSR count). The number of carbonyl (C=O) groups excluding carboxylic acids is 6. The van der Waals surface area contributed by atoms with Gasteiger partial charge in [0.15, 0.2) is 36.6 Å². The van der Waals surface area contributed by atoms with Crippen molar-refractivity contribution in [3.63, 3.8) is 0 Å². The van der Waals surface area contributed by atoms with Gasteiger partial charge in [0, 0.05) is 41.0 Å². The summed E-state index contributed by atoms with van der Waals surface area (Å²) < 4.78 is 31.4. The van der Waals surface area contributed by atoms with Crippen LogP contribution >= 0.6 is 0 Å². The molecule has 0 bridgehead atoms. The molecule has 1 fully saturated rings. The van der Waals surface area contributed by atoms with Gasteiger partial charge in [0.05, 0.1) is 0 Å². The minimum atomic E-state index is -1.55. The van der Waals surface area contributed by atoms with E-state index in [0.717, 1.165) is 34.6 Å². The minimum Gasteiger partial charge on any atom is -0.454 e. The molecule has 0 spiro atoms. The van der Waals surface area contributed by atoms with Crippen LogP contribution in [0, 0.1) is 0 Å². The number of hydrogen-bond donors (Lipinski definition) is 0. The number of esters is 6. The van der Waals surface area contributed by atoms with E-state index in [-0.39, 0.29) is 6.42 Å². The average Bonchev–Trinajstić information content (AvgIpc) is 2.61. The quantitative estimate of drug-likeness (QED) is 0.381. The Morgan fingerprint density at radius 3 is 0.806 bits per heavy atom. The Morgan fingerprint density at radius 1 is 0.452 bits per heavy atom. The molecule has 1 aliphatic carbocycles. The lowest BCUT2D eigenvalue weighted by molar-refractivity contribution is -0.259. The van der Waals surface area contributed by atoms with Crippen LogP contribution < -0.4 is 0 Å². The summed E-state index contributed by atoms with van der Waals surface area (Å²) in [6, 6.07) is 0. The first-order valence-corrected chi connectivity index (χ1v) is 9.42. The molecule has 1 saturated carbocycles. The summed E-state index contributed by atoms with van der Waals surface area (Å²) in [4.78, 5) is 70.8. The standard InChI is InChI=1S/C19H26O12/c1-7-13(25)31-19-17(29-11(5)23)15(27-9(3)21)14(26-8(2)20)16(28-10(4)22)18(19)30-12(6)24/h14-19H,7H2,1-6H3/t14?,15-,16-,17-,18-,19?/m1/s1. The second-order valence-corrected chi connectivity index (χ2v) is 6.68. The van der Waals surface area contributed by atoms with Gasteiger partial charge in [-0.25, -0.2) is 0 Å². The lowest BCUT2D eigenvalue weighted by Gasteiger charge is -2.46. The van der Waals surface area contributed by atoms with Gasteiger partial charge < -0.3 is 28.4 Å². The third kappa shape index (κ3) is 7.54. The zero-order chi connectivity index (χ0) is 23.9. The fourth-order valence-corrected chi connectivity index (χ4v) is 3.12. The largest absolute Gasteiger partial charge is 0.454 e. The van der Waals surface area contributed by atoms with Crippen LogP contribution in [0.25, 0.3) is 0 Å². The molecule has 0 saturated heterocycles. The molecule has 4 atom stereocenters. The molecule has 0 aromatic rings. The molecule has 174 valence electrons. The lowest BCUT2D eigenvalue weighted by Crippen LogP contribution is -2.68. The van der Waals surface area contributed by atoms with E-state index in [2.05, 4.69) is 0 Å². The van der Waals surface area contributed by atoms with Crippen LogP contribution in [0.1, 0.15) is 48.0 Å². The van der Waals surface area contributed by atoms with E-state index in [1.807, 2.05) is 0 Å². The molecule has 0 radical (unpaired) electrons. The molecule has 0 aromatic heterocycles. The molecular weight excluding hydrogens is 420 g/mol. The average molecular weight is 446 g/mol. The Kier molecular flexibility index (Phi) is 9.41. The van der Waals surface area contributed by atoms with Crippen LogP contribution in [0.3, 0.4) is 0 Å². The predicted octanol–water partition coefficient (Wildman–Crippen LogP) is -0.0197. The Morgan fingerprint density at radius 2 is 0.645 bits per heavy atom. The molecule has 0 aromatic carbocycles. The van der Waals surface area contributed by atoms with Gasteiger partial charge in [-0.3, -0.25) is 28.8 Å². The van der Waals surface area contributed by atoms with E-state index in [1.165, 1.54) is 6.92 Å². The van der Waals surface area contributed by atoms with E-state index in [0.29, 0.717) is 0 Å². The Bertz CT molecular complexity index is 685. The third-order valence-corrected chi connectivity index (χ3v) is 4.01. The SMILES string of the molecule is CCC(=O)OC1[C@H](OC(C)=O)[C@H](OC(C)=O)C(OC(C)=O)[C@@H](OC(C)=O)[C@H]1OC(C)=O. The molecule has 0 unspecified atom stereocenters. The van der Waals surface area contributed by atoms with Crippen molar-refractivity contribution in [2.45, 2.75) is 84.6 Å². The zero-order valence-corrected chi connectivity index (χ0v) is 18.1. The van der Waals surface area contributed by atoms with Gasteiger partial charge in [0.25, 0.3) is 0 Å². The first-order valence-electron chi connectivity index (χ1n) is 9.42. The van der Waals surface area contributed by atoms with E-state index in [9.17, 15) is 28.8 Å². The van der Waals surface area contributed by atoms with E-state index >= 15 is 0 Å². The van der Waals surface area contributed by atoms with Crippen LogP contribution in [-0.4, -0.2) is 72.4 Å². The number of carbonyl (C=O) groups is 6. The minimum absolute atomic E-state index is 0.0973. The lowest BCUT2D eigenvalue weighted by atomic mass is 9.83. The summed E-state index contributed by atoms with van der Waals surface area (Å²) in [7, 11) is 0. The van der Waals surface area contributed by atoms with Gasteiger partial charge in [0.1, 0.15) is 0 Å². The normalized spacial score (nSPS) is 27.3. The van der Waals surface area contributed by atoms with Crippen molar-refractivity contribution >= 4 is 35.8 Å². The molecule has 0 amide bonds. The first-order chi connectivity index (χ1) is 14.4. The fourth-order valence-electron chi connectivity index (χ4n) is 3.12. The van der Waals surface area contributed by atoms with Crippen LogP contribution in [0.4, 0.5) is 0 Å². The van der Waals surface area contributed by atoms with Crippen molar-refractivity contribution in [1.29, 1.82) is 0 Å². The van der Waals surface area contributed by atoms with Crippen molar-refractivity contribution in [3.8, 4) is 0 Å². The summed E-state index contributed by atoms with van der Waals surface area (Å²) in [5.74, 6) is -5.04. The first kappa shape index (κ1) is 25.9. The summed E-state index contributed by atoms with van der Waals surface area (Å²) in [6.45, 7) is 6.71. The van der Waals surface area contributed by atoms with Crippen molar-refractivity contribution in [1.82, 2.24) is 0 Å². The fraction of sp³-hybridized carbons (Fsp3) is 0.684. The van der Waals surface area contributed by atoms with Gasteiger partial charge in [-0.05, 0) is 0 Å². The summed E-state index contributed by atoms with van der Waals surface area (Å²) in [5, 5.41) is 0. The topological polar surface area (TPSA) is 158 Å². The molecular formula is C19H26O12. The summed E-state index contributed by atoms with van der Waals surface area (Å²) >= 11 is 0. The molecule has 0 N–H and O–H groups in total. The third-order valence-electron chi connectivity index (χ3n) is 4.01. The van der Waals surface area contributed by atoms with Crippen LogP contribution in [-0.2, 0) is 57.2 Å². The van der Waals surface area contributed by atoms with Crippen LogP contribution in [0.2, 0.25) is 0 Å². The number of rotatable bonds is 7. The highest BCUT2D eigenvalue weighted by atomic mass is 16.7. The highest BCUT2D eigenvalue weighted by Gasteiger charge is 2.60. The van der Waals surface area contributed by atoms with E-state index in [4.69, 9.17) is 28.4 Å². The Hall–Kier alpha value is -3.18. The van der Waals surface area contributed by atoms with Crippen molar-refractivity contribution < 1.29 is 57.2 Å². The van der Waals surface area contributed by atoms with Crippen molar-refractivity contribution in [2.75, 3.05) is 0 Å². The molecule has 12 heteroatoms. The molecule has 1 aliphatic rings. The maximum Gasteiger partial charge on any atom is 0.306 e. The molecule has 31 heavy (non-hydrogen) atoms. The molecule has 12 nitrogen and oxygen atoms in total. The van der Waals surface area contributed by atoms with E-state index in [1.54, 1.807) is 0 Å². The Labute approximate surface area is 178 Å². The number of ether oxygens (including phenoxy) is 6. The molecule has 0 heterocycles. The van der Waals surface area contributed by atoms with Crippen LogP contribution in [0.5, 0.6) is 0 Å². The van der Waals surface area contributed by atoms with Gasteiger partial charge in [0.2, 0.25) is 0 Å². The maximum absolute atomic E-state index is 12.1. The van der Waals surface area contributed by atoms with Crippen LogP contribution in [0.15, 0.2) is 0 Å². The second kappa shape index (κ2) is 11.3. The number of hydrogen-bond acceptors (Lipinski definition) is 12. The van der Waals surface area contributed by atoms with Gasteiger partial charge in [-0.15, -0.1) is 0 Å². The second-order valence-electron chi connectivity index (χ2n) is 6.68. The summed E-state index contributed by atoms with van der Waals surface area (Å²) in [5.41, 5.74) is 0. The smallest absolute Gasteiger partial charge is 0.306 e. The highest BCUT2D eigenvalue weighted by molar-refractivity contribution is 5.71. The predicted molar refractivity (Wildman–Crippen MR) is 97.9 cm³/mol. The maximum atomic E-state index is 12.1. The van der Waals surface area contributed by atoms with Crippen molar-refractivity contribution in [2.24, 2.45) is 0 Å². The van der Waals surface area contributed by atoms with Gasteiger partial charge in [-0.1, -0.05) is 6.92 Å². The zero-order valence-electron chi connectivity index (χ0n) is 18.1. The van der Waals surface area contributed by atoms with E-state index < -0.39 is 72.4 Å². The van der Waals surface area contributed by atoms with Gasteiger partial charge in [-0.2, -0.15) is 0 Å². The Balaban J connectivity index is 3.68. The monoisotopic (exact) mass is 446 g/mol. The van der Waals surface area contributed by atoms with Crippen molar-refractivity contribution in [3.05, 3.63) is 0 Å². The summed E-state index contributed by atoms with van der Waals surface area (Å²) in [6.07, 6.45) is -9.36.